The van der Waals surface area contributed by atoms with Crippen molar-refractivity contribution >= 4 is 11.3 Å². The SMILES string of the molecule is NCC(c1cnc(C(F)(F)F)s1)N1CCC(F)(F)CC1. The van der Waals surface area contributed by atoms with E-state index in [2.05, 4.69) is 4.98 Å². The number of halogens is 5. The Morgan fingerprint density at radius 1 is 1.35 bits per heavy atom. The molecule has 1 unspecified atom stereocenters. The van der Waals surface area contributed by atoms with E-state index < -0.39 is 23.1 Å². The Balaban J connectivity index is 2.11. The molecule has 0 amide bonds. The number of nitrogens with two attached hydrogens (primary N) is 1. The molecule has 1 aromatic heterocycles. The molecule has 0 spiro atoms. The first-order chi connectivity index (χ1) is 9.23. The van der Waals surface area contributed by atoms with Crippen molar-refractivity contribution in [1.82, 2.24) is 9.88 Å². The van der Waals surface area contributed by atoms with Gasteiger partial charge in [-0.15, -0.1) is 11.3 Å². The fourth-order valence-corrected chi connectivity index (χ4v) is 3.11. The predicted octanol–water partition coefficient (Wildman–Crippen LogP) is 2.89. The summed E-state index contributed by atoms with van der Waals surface area (Å²) in [5, 5.41) is -0.937. The van der Waals surface area contributed by atoms with Crippen LogP contribution in [0.25, 0.3) is 0 Å². The Kier molecular flexibility index (Phi) is 4.31. The van der Waals surface area contributed by atoms with E-state index in [-0.39, 0.29) is 32.5 Å². The van der Waals surface area contributed by atoms with Crippen molar-refractivity contribution in [2.24, 2.45) is 5.73 Å². The van der Waals surface area contributed by atoms with Crippen LogP contribution in [0, 0.1) is 0 Å². The summed E-state index contributed by atoms with van der Waals surface area (Å²) >= 11 is 0.521. The van der Waals surface area contributed by atoms with Crippen LogP contribution in [0.2, 0.25) is 0 Å². The van der Waals surface area contributed by atoms with Crippen LogP contribution in [0.4, 0.5) is 22.0 Å². The van der Waals surface area contributed by atoms with Crippen LogP contribution in [0.15, 0.2) is 6.20 Å². The Hall–Kier alpha value is -0.800. The first-order valence-electron chi connectivity index (χ1n) is 6.08. The summed E-state index contributed by atoms with van der Waals surface area (Å²) in [4.78, 5) is 5.41. The number of thiazole rings is 1. The smallest absolute Gasteiger partial charge is 0.329 e. The van der Waals surface area contributed by atoms with Gasteiger partial charge in [0.25, 0.3) is 5.92 Å². The molecule has 1 aromatic rings. The van der Waals surface area contributed by atoms with Gasteiger partial charge < -0.3 is 5.73 Å². The van der Waals surface area contributed by atoms with Crippen LogP contribution in [-0.4, -0.2) is 35.4 Å². The molecule has 1 atom stereocenters. The van der Waals surface area contributed by atoms with E-state index in [4.69, 9.17) is 5.73 Å². The van der Waals surface area contributed by atoms with Gasteiger partial charge in [0.2, 0.25) is 0 Å². The summed E-state index contributed by atoms with van der Waals surface area (Å²) in [5.74, 6) is -2.69. The number of hydrogen-bond donors (Lipinski definition) is 1. The van der Waals surface area contributed by atoms with Gasteiger partial charge in [0.05, 0.1) is 6.04 Å². The zero-order valence-electron chi connectivity index (χ0n) is 10.5. The lowest BCUT2D eigenvalue weighted by molar-refractivity contribution is -0.137. The zero-order valence-corrected chi connectivity index (χ0v) is 11.3. The van der Waals surface area contributed by atoms with Crippen molar-refractivity contribution in [2.45, 2.75) is 31.0 Å². The summed E-state index contributed by atoms with van der Waals surface area (Å²) in [7, 11) is 0. The van der Waals surface area contributed by atoms with Gasteiger partial charge in [-0.05, 0) is 0 Å². The van der Waals surface area contributed by atoms with Gasteiger partial charge in [-0.25, -0.2) is 13.8 Å². The molecule has 9 heteroatoms. The van der Waals surface area contributed by atoms with E-state index in [9.17, 15) is 22.0 Å². The summed E-state index contributed by atoms with van der Waals surface area (Å²) in [6, 6.07) is -0.486. The maximum atomic E-state index is 13.1. The minimum Gasteiger partial charge on any atom is -0.329 e. The molecule has 1 saturated heterocycles. The van der Waals surface area contributed by atoms with E-state index in [1.54, 1.807) is 4.90 Å². The van der Waals surface area contributed by atoms with Crippen molar-refractivity contribution in [3.05, 3.63) is 16.1 Å². The molecule has 0 radical (unpaired) electrons. The molecule has 1 aliphatic rings. The standard InChI is InChI=1S/C11H14F5N3S/c12-10(13)1-3-19(4-2-10)7(5-17)8-6-18-9(20-8)11(14,15)16/h6-7H,1-5,17H2. The Labute approximate surface area is 116 Å². The highest BCUT2D eigenvalue weighted by molar-refractivity contribution is 7.11. The van der Waals surface area contributed by atoms with Crippen LogP contribution in [0.3, 0.4) is 0 Å². The van der Waals surface area contributed by atoms with Gasteiger partial charge in [0, 0.05) is 43.5 Å². The third kappa shape index (κ3) is 3.44. The molecule has 2 heterocycles. The number of alkyl halides is 5. The molecule has 0 saturated carbocycles. The van der Waals surface area contributed by atoms with Crippen LogP contribution in [0.5, 0.6) is 0 Å². The van der Waals surface area contributed by atoms with E-state index in [1.165, 1.54) is 0 Å². The molecule has 3 nitrogen and oxygen atoms in total. The highest BCUT2D eigenvalue weighted by atomic mass is 32.1. The molecule has 1 fully saturated rings. The van der Waals surface area contributed by atoms with E-state index >= 15 is 0 Å². The number of piperidine rings is 1. The molecule has 1 aliphatic heterocycles. The summed E-state index contributed by atoms with van der Waals surface area (Å²) in [6.07, 6.45) is -3.95. The van der Waals surface area contributed by atoms with Gasteiger partial charge in [-0.3, -0.25) is 4.90 Å². The van der Waals surface area contributed by atoms with Crippen molar-refractivity contribution in [2.75, 3.05) is 19.6 Å². The van der Waals surface area contributed by atoms with Crippen LogP contribution >= 0.6 is 11.3 Å². The maximum Gasteiger partial charge on any atom is 0.443 e. The normalized spacial score (nSPS) is 21.9. The number of likely N-dealkylation sites (tertiary alicyclic amines) is 1. The van der Waals surface area contributed by atoms with Crippen LogP contribution in [-0.2, 0) is 6.18 Å². The van der Waals surface area contributed by atoms with Crippen molar-refractivity contribution in [3.8, 4) is 0 Å². The summed E-state index contributed by atoms with van der Waals surface area (Å²) in [6.45, 7) is 0.313. The molecular formula is C11H14F5N3S. The van der Waals surface area contributed by atoms with E-state index in [0.717, 1.165) is 6.20 Å². The lowest BCUT2D eigenvalue weighted by Gasteiger charge is -2.36. The molecule has 0 aromatic carbocycles. The van der Waals surface area contributed by atoms with E-state index in [0.29, 0.717) is 16.2 Å². The topological polar surface area (TPSA) is 42.1 Å². The monoisotopic (exact) mass is 315 g/mol. The first-order valence-corrected chi connectivity index (χ1v) is 6.89. The molecule has 0 aliphatic carbocycles. The highest BCUT2D eigenvalue weighted by Crippen LogP contribution is 2.37. The molecule has 2 rings (SSSR count). The second-order valence-electron chi connectivity index (χ2n) is 4.71. The second kappa shape index (κ2) is 5.53. The van der Waals surface area contributed by atoms with Gasteiger partial charge in [-0.2, -0.15) is 13.2 Å². The van der Waals surface area contributed by atoms with Gasteiger partial charge in [-0.1, -0.05) is 0 Å². The number of rotatable bonds is 3. The molecule has 20 heavy (non-hydrogen) atoms. The van der Waals surface area contributed by atoms with Crippen molar-refractivity contribution < 1.29 is 22.0 Å². The van der Waals surface area contributed by atoms with Gasteiger partial charge >= 0.3 is 6.18 Å². The summed E-state index contributed by atoms with van der Waals surface area (Å²) in [5.41, 5.74) is 5.59. The highest BCUT2D eigenvalue weighted by Gasteiger charge is 2.38. The largest absolute Gasteiger partial charge is 0.443 e. The second-order valence-corrected chi connectivity index (χ2v) is 5.77. The van der Waals surface area contributed by atoms with Crippen LogP contribution in [0.1, 0.15) is 28.8 Å². The van der Waals surface area contributed by atoms with E-state index in [1.807, 2.05) is 0 Å². The average Bonchev–Trinajstić information content (AvgIpc) is 2.81. The lowest BCUT2D eigenvalue weighted by Crippen LogP contribution is -2.43. The molecule has 114 valence electrons. The minimum absolute atomic E-state index is 0.0745. The van der Waals surface area contributed by atoms with Crippen molar-refractivity contribution in [3.63, 3.8) is 0 Å². The van der Waals surface area contributed by atoms with Gasteiger partial charge in [0.1, 0.15) is 0 Å². The lowest BCUT2D eigenvalue weighted by atomic mass is 10.0. The maximum absolute atomic E-state index is 13.1. The Bertz CT molecular complexity index is 449. The van der Waals surface area contributed by atoms with Gasteiger partial charge in [0.15, 0.2) is 5.01 Å². The third-order valence-electron chi connectivity index (χ3n) is 3.29. The average molecular weight is 315 g/mol. The fourth-order valence-electron chi connectivity index (χ4n) is 2.18. The third-order valence-corrected chi connectivity index (χ3v) is 4.43. The number of nitrogens with zero attached hydrogens (tertiary/aromatic N) is 2. The molecular weight excluding hydrogens is 301 g/mol. The fraction of sp³-hybridized carbons (Fsp3) is 0.727. The minimum atomic E-state index is -4.49. The number of aromatic nitrogens is 1. The molecule has 0 bridgehead atoms. The van der Waals surface area contributed by atoms with Crippen LogP contribution < -0.4 is 5.73 Å². The Morgan fingerprint density at radius 3 is 2.40 bits per heavy atom. The molecule has 2 N–H and O–H groups in total. The first kappa shape index (κ1) is 15.6. The number of hydrogen-bond acceptors (Lipinski definition) is 4. The quantitative estimate of drug-likeness (QED) is 0.872. The Morgan fingerprint density at radius 2 is 1.95 bits per heavy atom. The summed E-state index contributed by atoms with van der Waals surface area (Å²) < 4.78 is 63.7. The predicted molar refractivity (Wildman–Crippen MR) is 64.7 cm³/mol. The zero-order chi connectivity index (χ0) is 15.0. The van der Waals surface area contributed by atoms with Crippen molar-refractivity contribution in [1.29, 1.82) is 0 Å².